The quantitative estimate of drug-likeness (QED) is 0.801. The molecule has 1 aliphatic rings. The molecule has 0 N–H and O–H groups in total. The lowest BCUT2D eigenvalue weighted by molar-refractivity contribution is 0.408. The van der Waals surface area contributed by atoms with Gasteiger partial charge in [-0.25, -0.2) is 9.67 Å². The predicted octanol–water partition coefficient (Wildman–Crippen LogP) is 3.94. The van der Waals surface area contributed by atoms with Gasteiger partial charge in [-0.15, -0.1) is 11.6 Å². The number of rotatable bonds is 3. The fraction of sp³-hybridized carbons (Fsp3) is 0.500. The fourth-order valence-electron chi connectivity index (χ4n) is 3.06. The molecule has 0 spiro atoms. The van der Waals surface area contributed by atoms with E-state index in [1.807, 2.05) is 4.68 Å². The van der Waals surface area contributed by atoms with Gasteiger partial charge in [-0.1, -0.05) is 24.3 Å². The molecule has 106 valence electrons. The zero-order valence-corrected chi connectivity index (χ0v) is 12.7. The minimum Gasteiger partial charge on any atom is -0.248 e. The highest BCUT2D eigenvalue weighted by atomic mass is 35.5. The topological polar surface area (TPSA) is 30.7 Å². The summed E-state index contributed by atoms with van der Waals surface area (Å²) in [7, 11) is 0. The molecule has 4 heteroatoms. The number of hydrogen-bond acceptors (Lipinski definition) is 2. The molecular weight excluding hydrogens is 270 g/mol. The molecule has 0 saturated carbocycles. The first kappa shape index (κ1) is 13.6. The van der Waals surface area contributed by atoms with E-state index < -0.39 is 0 Å². The van der Waals surface area contributed by atoms with Gasteiger partial charge in [0.05, 0.1) is 5.38 Å². The highest BCUT2D eigenvalue weighted by Gasteiger charge is 2.29. The molecule has 0 aliphatic heterocycles. The van der Waals surface area contributed by atoms with Crippen LogP contribution < -0.4 is 0 Å². The molecule has 1 aliphatic carbocycles. The van der Waals surface area contributed by atoms with E-state index >= 15 is 0 Å². The third-order valence-electron chi connectivity index (χ3n) is 4.13. The van der Waals surface area contributed by atoms with Crippen molar-refractivity contribution in [1.29, 1.82) is 0 Å². The Morgan fingerprint density at radius 2 is 2.15 bits per heavy atom. The fourth-order valence-corrected chi connectivity index (χ4v) is 3.49. The monoisotopic (exact) mass is 289 g/mol. The van der Waals surface area contributed by atoms with Crippen LogP contribution in [0.2, 0.25) is 0 Å². The van der Waals surface area contributed by atoms with Gasteiger partial charge in [0, 0.05) is 12.5 Å². The molecule has 0 bridgehead atoms. The number of fused-ring (bicyclic) bond motifs is 1. The molecule has 2 unspecified atom stereocenters. The van der Waals surface area contributed by atoms with Crippen LogP contribution in [-0.4, -0.2) is 14.8 Å². The van der Waals surface area contributed by atoms with Crippen molar-refractivity contribution >= 4 is 11.6 Å². The van der Waals surface area contributed by atoms with E-state index in [1.54, 1.807) is 6.33 Å². The maximum atomic E-state index is 6.70. The van der Waals surface area contributed by atoms with Gasteiger partial charge >= 0.3 is 0 Å². The van der Waals surface area contributed by atoms with Crippen molar-refractivity contribution in [2.45, 2.75) is 44.5 Å². The summed E-state index contributed by atoms with van der Waals surface area (Å²) in [5.41, 5.74) is 2.69. The maximum absolute atomic E-state index is 6.70. The molecule has 20 heavy (non-hydrogen) atoms. The number of nitrogens with zero attached hydrogens (tertiary/aromatic N) is 3. The average Bonchev–Trinajstić information content (AvgIpc) is 2.91. The molecule has 3 rings (SSSR count). The Labute approximate surface area is 125 Å². The summed E-state index contributed by atoms with van der Waals surface area (Å²) in [6.45, 7) is 4.26. The van der Waals surface area contributed by atoms with Crippen LogP contribution in [0.1, 0.15) is 48.6 Å². The number of alkyl halides is 1. The predicted molar refractivity (Wildman–Crippen MR) is 81.0 cm³/mol. The van der Waals surface area contributed by atoms with Crippen LogP contribution in [0.3, 0.4) is 0 Å². The summed E-state index contributed by atoms with van der Waals surface area (Å²) in [6.07, 6.45) is 4.78. The number of hydrogen-bond donors (Lipinski definition) is 0. The first-order chi connectivity index (χ1) is 9.66. The second-order valence-electron chi connectivity index (χ2n) is 5.82. The third-order valence-corrected chi connectivity index (χ3v) is 4.72. The summed E-state index contributed by atoms with van der Waals surface area (Å²) in [5.74, 6) is 1.49. The number of aromatic nitrogens is 3. The SMILES string of the molecule is CC(C)n1ncnc1CC1CCc2ccccc2C1Cl. The van der Waals surface area contributed by atoms with Crippen molar-refractivity contribution < 1.29 is 0 Å². The molecule has 2 atom stereocenters. The molecule has 3 nitrogen and oxygen atoms in total. The van der Waals surface area contributed by atoms with Gasteiger partial charge in [-0.2, -0.15) is 5.10 Å². The van der Waals surface area contributed by atoms with Crippen molar-refractivity contribution in [1.82, 2.24) is 14.8 Å². The zero-order valence-electron chi connectivity index (χ0n) is 12.0. The first-order valence-corrected chi connectivity index (χ1v) is 7.70. The molecular formula is C16H20ClN3. The van der Waals surface area contributed by atoms with Crippen LogP contribution in [0, 0.1) is 5.92 Å². The van der Waals surface area contributed by atoms with Crippen LogP contribution >= 0.6 is 11.6 Å². The number of benzene rings is 1. The molecule has 0 saturated heterocycles. The Morgan fingerprint density at radius 1 is 1.35 bits per heavy atom. The van der Waals surface area contributed by atoms with Crippen LogP contribution in [0.15, 0.2) is 30.6 Å². The van der Waals surface area contributed by atoms with E-state index in [1.165, 1.54) is 11.1 Å². The molecule has 1 heterocycles. The van der Waals surface area contributed by atoms with Gasteiger partial charge in [0.1, 0.15) is 12.2 Å². The lowest BCUT2D eigenvalue weighted by Gasteiger charge is -2.29. The minimum atomic E-state index is 0.0808. The van der Waals surface area contributed by atoms with E-state index in [4.69, 9.17) is 11.6 Å². The Bertz CT molecular complexity index is 591. The van der Waals surface area contributed by atoms with Crippen molar-refractivity contribution in [3.8, 4) is 0 Å². The maximum Gasteiger partial charge on any atom is 0.138 e. The van der Waals surface area contributed by atoms with Gasteiger partial charge in [-0.3, -0.25) is 0 Å². The minimum absolute atomic E-state index is 0.0808. The van der Waals surface area contributed by atoms with E-state index in [-0.39, 0.29) is 5.38 Å². The molecule has 1 aromatic heterocycles. The van der Waals surface area contributed by atoms with Gasteiger partial charge in [0.15, 0.2) is 0 Å². The summed E-state index contributed by atoms with van der Waals surface area (Å²) in [4.78, 5) is 4.42. The third kappa shape index (κ3) is 2.47. The number of halogens is 1. The Balaban J connectivity index is 1.81. The molecule has 0 amide bonds. The van der Waals surface area contributed by atoms with Crippen LogP contribution in [0.4, 0.5) is 0 Å². The summed E-state index contributed by atoms with van der Waals surface area (Å²) >= 11 is 6.70. The Kier molecular flexibility index (Phi) is 3.79. The van der Waals surface area contributed by atoms with Crippen molar-refractivity contribution in [3.05, 3.63) is 47.5 Å². The van der Waals surface area contributed by atoms with Gasteiger partial charge < -0.3 is 0 Å². The summed E-state index contributed by atoms with van der Waals surface area (Å²) < 4.78 is 2.00. The van der Waals surface area contributed by atoms with E-state index in [2.05, 4.69) is 48.2 Å². The first-order valence-electron chi connectivity index (χ1n) is 7.27. The Morgan fingerprint density at radius 3 is 2.95 bits per heavy atom. The molecule has 0 fully saturated rings. The normalized spacial score (nSPS) is 22.0. The average molecular weight is 290 g/mol. The highest BCUT2D eigenvalue weighted by molar-refractivity contribution is 6.21. The van der Waals surface area contributed by atoms with Crippen molar-refractivity contribution in [3.63, 3.8) is 0 Å². The molecule has 1 aromatic carbocycles. The van der Waals surface area contributed by atoms with Crippen molar-refractivity contribution in [2.24, 2.45) is 5.92 Å². The van der Waals surface area contributed by atoms with E-state index in [0.29, 0.717) is 12.0 Å². The van der Waals surface area contributed by atoms with Crippen molar-refractivity contribution in [2.75, 3.05) is 0 Å². The second kappa shape index (κ2) is 5.57. The second-order valence-corrected chi connectivity index (χ2v) is 6.29. The molecule has 0 radical (unpaired) electrons. The largest absolute Gasteiger partial charge is 0.248 e. The Hall–Kier alpha value is -1.35. The lowest BCUT2D eigenvalue weighted by atomic mass is 9.81. The van der Waals surface area contributed by atoms with E-state index in [0.717, 1.165) is 25.1 Å². The van der Waals surface area contributed by atoms with Gasteiger partial charge in [0.25, 0.3) is 0 Å². The van der Waals surface area contributed by atoms with Crippen LogP contribution in [0.5, 0.6) is 0 Å². The van der Waals surface area contributed by atoms with Crippen LogP contribution in [-0.2, 0) is 12.8 Å². The van der Waals surface area contributed by atoms with Gasteiger partial charge in [-0.05, 0) is 43.7 Å². The van der Waals surface area contributed by atoms with E-state index in [9.17, 15) is 0 Å². The zero-order chi connectivity index (χ0) is 14.1. The summed E-state index contributed by atoms with van der Waals surface area (Å²) in [5, 5.41) is 4.39. The lowest BCUT2D eigenvalue weighted by Crippen LogP contribution is -2.21. The standard InChI is InChI=1S/C16H20ClN3/c1-11(2)20-15(18-10-19-20)9-13-8-7-12-5-3-4-6-14(12)16(13)17/h3-6,10-11,13,16H,7-9H2,1-2H3. The molecule has 2 aromatic rings. The summed E-state index contributed by atoms with van der Waals surface area (Å²) in [6, 6.07) is 8.87. The van der Waals surface area contributed by atoms with Gasteiger partial charge in [0.2, 0.25) is 0 Å². The van der Waals surface area contributed by atoms with Crippen LogP contribution in [0.25, 0.3) is 0 Å². The number of aryl methyl sites for hydroxylation is 1. The highest BCUT2D eigenvalue weighted by Crippen LogP contribution is 2.40. The smallest absolute Gasteiger partial charge is 0.138 e.